The molecule has 1 saturated carbocycles. The molecule has 0 radical (unpaired) electrons. The van der Waals surface area contributed by atoms with Crippen LogP contribution in [-0.2, 0) is 0 Å². The van der Waals surface area contributed by atoms with Gasteiger partial charge < -0.3 is 21.5 Å². The Morgan fingerprint density at radius 3 is 2.38 bits per heavy atom. The Kier molecular flexibility index (Phi) is 5.91. The second-order valence-corrected chi connectivity index (χ2v) is 7.64. The first-order valence-corrected chi connectivity index (χ1v) is 9.88. The summed E-state index contributed by atoms with van der Waals surface area (Å²) in [7, 11) is 1.69. The molecule has 6 N–H and O–H groups in total. The molecule has 6 nitrogen and oxygen atoms in total. The highest BCUT2D eigenvalue weighted by molar-refractivity contribution is 5.77. The van der Waals surface area contributed by atoms with E-state index in [0.29, 0.717) is 5.92 Å². The molecule has 1 aliphatic carbocycles. The maximum absolute atomic E-state index is 5.86. The monoisotopic (exact) mass is 359 g/mol. The molecule has 2 aliphatic rings. The van der Waals surface area contributed by atoms with Gasteiger partial charge in [0.25, 0.3) is 0 Å². The van der Waals surface area contributed by atoms with Gasteiger partial charge in [-0.1, -0.05) is 44.6 Å². The van der Waals surface area contributed by atoms with Crippen molar-refractivity contribution in [2.45, 2.75) is 70.1 Å². The molecule has 1 aromatic carbocycles. The molecule has 0 amide bonds. The number of anilines is 1. The van der Waals surface area contributed by atoms with E-state index in [2.05, 4.69) is 23.6 Å². The first-order valence-electron chi connectivity index (χ1n) is 9.88. The van der Waals surface area contributed by atoms with E-state index in [0.717, 1.165) is 24.3 Å². The molecular weight excluding hydrogens is 326 g/mol. The standard InChI is InChI=1S/C20H33N5O/c1-14-17-12-11-16(26-2)13-18(17)24-20(23-14,25-19(21)22)15-9-7-5-3-4-6-8-10-15/h11-15,23-24H,3-10H2,1-2H3,(H4,21,22,25). The van der Waals surface area contributed by atoms with Crippen molar-refractivity contribution in [3.8, 4) is 5.75 Å². The van der Waals surface area contributed by atoms with Gasteiger partial charge in [-0.3, -0.25) is 5.32 Å². The smallest absolute Gasteiger partial charge is 0.191 e. The minimum absolute atomic E-state index is 0.114. The maximum atomic E-state index is 5.86. The van der Waals surface area contributed by atoms with Gasteiger partial charge in [0, 0.05) is 23.7 Å². The van der Waals surface area contributed by atoms with Gasteiger partial charge in [0.05, 0.1) is 7.11 Å². The summed E-state index contributed by atoms with van der Waals surface area (Å²) in [6.45, 7) is 2.16. The zero-order valence-corrected chi connectivity index (χ0v) is 16.1. The lowest BCUT2D eigenvalue weighted by Crippen LogP contribution is -2.60. The van der Waals surface area contributed by atoms with Crippen molar-refractivity contribution >= 4 is 11.6 Å². The molecule has 0 aromatic heterocycles. The number of rotatable bonds is 3. The zero-order valence-electron chi connectivity index (χ0n) is 16.1. The van der Waals surface area contributed by atoms with E-state index in [-0.39, 0.29) is 12.0 Å². The number of nitrogens with two attached hydrogens (primary N) is 2. The summed E-state index contributed by atoms with van der Waals surface area (Å²) in [5.41, 5.74) is 14.0. The summed E-state index contributed by atoms with van der Waals surface area (Å²) in [4.78, 5) is 4.71. The molecule has 0 bridgehead atoms. The topological polar surface area (TPSA) is 97.7 Å². The fraction of sp³-hybridized carbons (Fsp3) is 0.650. The normalized spacial score (nSPS) is 27.2. The highest BCUT2D eigenvalue weighted by Crippen LogP contribution is 2.41. The molecule has 2 atom stereocenters. The molecule has 1 aliphatic heterocycles. The van der Waals surface area contributed by atoms with E-state index in [4.69, 9.17) is 21.2 Å². The third-order valence-electron chi connectivity index (χ3n) is 5.74. The Morgan fingerprint density at radius 1 is 1.12 bits per heavy atom. The molecule has 26 heavy (non-hydrogen) atoms. The van der Waals surface area contributed by atoms with Crippen LogP contribution < -0.4 is 26.8 Å². The van der Waals surface area contributed by atoms with E-state index in [1.807, 2.05) is 12.1 Å². The number of aliphatic imine (C=N–C) groups is 1. The van der Waals surface area contributed by atoms with Gasteiger partial charge in [-0.15, -0.1) is 0 Å². The molecule has 2 unspecified atom stereocenters. The predicted octanol–water partition coefficient (Wildman–Crippen LogP) is 3.45. The van der Waals surface area contributed by atoms with Crippen LogP contribution in [0.15, 0.2) is 23.2 Å². The molecule has 144 valence electrons. The van der Waals surface area contributed by atoms with Crippen molar-refractivity contribution in [1.82, 2.24) is 5.32 Å². The van der Waals surface area contributed by atoms with E-state index < -0.39 is 5.79 Å². The highest BCUT2D eigenvalue weighted by atomic mass is 16.5. The molecule has 1 aromatic rings. The third kappa shape index (κ3) is 4.06. The number of benzene rings is 1. The van der Waals surface area contributed by atoms with E-state index in [9.17, 15) is 0 Å². The zero-order chi connectivity index (χ0) is 18.6. The fourth-order valence-electron chi connectivity index (χ4n) is 4.42. The molecule has 1 fully saturated rings. The number of hydrogen-bond donors (Lipinski definition) is 4. The lowest BCUT2D eigenvalue weighted by molar-refractivity contribution is 0.193. The van der Waals surface area contributed by atoms with Crippen LogP contribution >= 0.6 is 0 Å². The molecule has 0 saturated heterocycles. The van der Waals surface area contributed by atoms with Gasteiger partial charge >= 0.3 is 0 Å². The SMILES string of the molecule is COc1ccc2c(c1)NC(N=C(N)N)(C1CCCCCCCC1)NC2C. The fourth-order valence-corrected chi connectivity index (χ4v) is 4.42. The second kappa shape index (κ2) is 8.16. The Hall–Kier alpha value is -1.95. The van der Waals surface area contributed by atoms with Crippen LogP contribution in [0.2, 0.25) is 0 Å². The Labute approximate surface area is 156 Å². The van der Waals surface area contributed by atoms with Gasteiger partial charge in [0.1, 0.15) is 5.75 Å². The lowest BCUT2D eigenvalue weighted by atomic mass is 9.86. The van der Waals surface area contributed by atoms with Crippen LogP contribution in [0.1, 0.15) is 69.9 Å². The van der Waals surface area contributed by atoms with E-state index >= 15 is 0 Å². The van der Waals surface area contributed by atoms with Crippen molar-refractivity contribution in [3.63, 3.8) is 0 Å². The number of ether oxygens (including phenoxy) is 1. The molecule has 0 spiro atoms. The van der Waals surface area contributed by atoms with Gasteiger partial charge in [-0.05, 0) is 31.4 Å². The number of nitrogens with zero attached hydrogens (tertiary/aromatic N) is 1. The van der Waals surface area contributed by atoms with Crippen molar-refractivity contribution in [2.24, 2.45) is 22.4 Å². The summed E-state index contributed by atoms with van der Waals surface area (Å²) in [6, 6.07) is 6.28. The molecule has 3 rings (SSSR count). The minimum Gasteiger partial charge on any atom is -0.497 e. The molecule has 1 heterocycles. The van der Waals surface area contributed by atoms with Gasteiger partial charge in [0.15, 0.2) is 11.7 Å². The Bertz CT molecular complexity index is 633. The van der Waals surface area contributed by atoms with Crippen LogP contribution in [-0.4, -0.2) is 18.9 Å². The van der Waals surface area contributed by atoms with Crippen molar-refractivity contribution in [2.75, 3.05) is 12.4 Å². The predicted molar refractivity (Wildman–Crippen MR) is 107 cm³/mol. The van der Waals surface area contributed by atoms with Crippen molar-refractivity contribution in [1.29, 1.82) is 0 Å². The van der Waals surface area contributed by atoms with Crippen molar-refractivity contribution < 1.29 is 4.74 Å². The van der Waals surface area contributed by atoms with Gasteiger partial charge in [0.2, 0.25) is 0 Å². The Morgan fingerprint density at radius 2 is 1.77 bits per heavy atom. The first-order chi connectivity index (χ1) is 12.5. The first kappa shape index (κ1) is 18.8. The van der Waals surface area contributed by atoms with E-state index in [1.54, 1.807) is 7.11 Å². The van der Waals surface area contributed by atoms with Crippen LogP contribution in [0.5, 0.6) is 5.75 Å². The average Bonchev–Trinajstić information content (AvgIpc) is 2.74. The number of methoxy groups -OCH3 is 1. The second-order valence-electron chi connectivity index (χ2n) is 7.64. The van der Waals surface area contributed by atoms with Gasteiger partial charge in [-0.2, -0.15) is 0 Å². The van der Waals surface area contributed by atoms with Crippen LogP contribution in [0.4, 0.5) is 5.69 Å². The molecule has 6 heteroatoms. The third-order valence-corrected chi connectivity index (χ3v) is 5.74. The summed E-state index contributed by atoms with van der Waals surface area (Å²) in [5, 5.41) is 7.34. The Balaban J connectivity index is 1.97. The average molecular weight is 360 g/mol. The summed E-state index contributed by atoms with van der Waals surface area (Å²) >= 11 is 0. The highest BCUT2D eigenvalue weighted by Gasteiger charge is 2.43. The van der Waals surface area contributed by atoms with Gasteiger partial charge in [-0.25, -0.2) is 4.99 Å². The number of nitrogens with one attached hydrogen (secondary N) is 2. The summed E-state index contributed by atoms with van der Waals surface area (Å²) < 4.78 is 5.42. The quantitative estimate of drug-likeness (QED) is 0.489. The van der Waals surface area contributed by atoms with E-state index in [1.165, 1.54) is 44.1 Å². The number of hydrogen-bond acceptors (Lipinski definition) is 4. The largest absolute Gasteiger partial charge is 0.497 e. The maximum Gasteiger partial charge on any atom is 0.191 e. The number of fused-ring (bicyclic) bond motifs is 1. The minimum atomic E-state index is -0.665. The van der Waals surface area contributed by atoms with Crippen LogP contribution in [0.3, 0.4) is 0 Å². The van der Waals surface area contributed by atoms with Crippen LogP contribution in [0.25, 0.3) is 0 Å². The van der Waals surface area contributed by atoms with Crippen LogP contribution in [0, 0.1) is 5.92 Å². The summed E-state index contributed by atoms with van der Waals surface area (Å²) in [6.07, 6.45) is 9.90. The van der Waals surface area contributed by atoms with Crippen molar-refractivity contribution in [3.05, 3.63) is 23.8 Å². The molecular formula is C20H33N5O. The summed E-state index contributed by atoms with van der Waals surface area (Å²) in [5.74, 6) is 0.619. The number of guanidine groups is 1. The lowest BCUT2D eigenvalue weighted by Gasteiger charge is -2.46.